The van der Waals surface area contributed by atoms with E-state index in [4.69, 9.17) is 14.2 Å². The summed E-state index contributed by atoms with van der Waals surface area (Å²) in [5.74, 6) is -1.80. The minimum absolute atomic E-state index is 0.232. The van der Waals surface area contributed by atoms with Crippen molar-refractivity contribution in [2.75, 3.05) is 7.11 Å². The number of nitrogens with zero attached hydrogens (tertiary/aromatic N) is 1. The summed E-state index contributed by atoms with van der Waals surface area (Å²) < 4.78 is 32.3. The highest BCUT2D eigenvalue weighted by atomic mass is 19.2. The van der Waals surface area contributed by atoms with Gasteiger partial charge in [-0.3, -0.25) is 9.36 Å². The zero-order valence-electron chi connectivity index (χ0n) is 21.9. The molecule has 1 atom stereocenters. The number of para-hydroxylation sites is 1. The smallest absolute Gasteiger partial charge is 0.344 e. The second kappa shape index (κ2) is 10.6. The molecular weight excluding hydrogens is 489 g/mol. The van der Waals surface area contributed by atoms with E-state index in [1.54, 1.807) is 66.3 Å². The number of hydrogen-bond acceptors (Lipinski definition) is 5. The number of benzene rings is 3. The van der Waals surface area contributed by atoms with E-state index in [0.29, 0.717) is 45.8 Å². The molecule has 8 heteroatoms. The van der Waals surface area contributed by atoms with Gasteiger partial charge in [0, 0.05) is 36.9 Å². The van der Waals surface area contributed by atoms with Gasteiger partial charge < -0.3 is 19.3 Å². The predicted molar refractivity (Wildman–Crippen MR) is 142 cm³/mol. The molecule has 1 N–H and O–H groups in total. The summed E-state index contributed by atoms with van der Waals surface area (Å²) in [6.07, 6.45) is -0.696. The van der Waals surface area contributed by atoms with E-state index in [1.165, 1.54) is 20.8 Å². The molecule has 198 valence electrons. The van der Waals surface area contributed by atoms with E-state index in [2.05, 4.69) is 0 Å². The number of hydrogen-bond donors (Lipinski definition) is 1. The van der Waals surface area contributed by atoms with E-state index in [0.717, 1.165) is 11.1 Å². The monoisotopic (exact) mass is 519 g/mol. The van der Waals surface area contributed by atoms with Gasteiger partial charge in [-0.15, -0.1) is 0 Å². The Kier molecular flexibility index (Phi) is 7.44. The molecule has 1 heterocycles. The molecular formula is C30H30FNO6. The van der Waals surface area contributed by atoms with E-state index in [1.807, 2.05) is 19.1 Å². The van der Waals surface area contributed by atoms with Crippen LogP contribution in [0.5, 0.6) is 17.2 Å². The third kappa shape index (κ3) is 5.64. The van der Waals surface area contributed by atoms with Crippen LogP contribution in [0.4, 0.5) is 4.39 Å². The van der Waals surface area contributed by atoms with E-state index in [-0.39, 0.29) is 5.91 Å². The fraction of sp³-hybridized carbons (Fsp3) is 0.267. The number of carboxylic acid groups (broad SMARTS) is 1. The Labute approximate surface area is 220 Å². The van der Waals surface area contributed by atoms with Crippen LogP contribution in [0, 0.1) is 6.92 Å². The van der Waals surface area contributed by atoms with Gasteiger partial charge in [-0.25, -0.2) is 4.79 Å². The van der Waals surface area contributed by atoms with Crippen LogP contribution in [0.3, 0.4) is 0 Å². The van der Waals surface area contributed by atoms with Crippen molar-refractivity contribution in [3.05, 3.63) is 89.1 Å². The molecule has 0 fully saturated rings. The summed E-state index contributed by atoms with van der Waals surface area (Å²) in [6, 6.07) is 19.1. The Morgan fingerprint density at radius 1 is 1.03 bits per heavy atom. The third-order valence-corrected chi connectivity index (χ3v) is 6.20. The average molecular weight is 520 g/mol. The number of carbonyl (C=O) groups excluding carboxylic acids is 1. The summed E-state index contributed by atoms with van der Waals surface area (Å²) in [7, 11) is 1.56. The highest BCUT2D eigenvalue weighted by molar-refractivity contribution is 6.04. The summed E-state index contributed by atoms with van der Waals surface area (Å²) in [4.78, 5) is 25.1. The van der Waals surface area contributed by atoms with Crippen LogP contribution in [-0.2, 0) is 11.2 Å². The number of ether oxygens (including phenoxy) is 3. The molecule has 0 radical (unpaired) electrons. The highest BCUT2D eigenvalue weighted by Crippen LogP contribution is 2.35. The second-order valence-corrected chi connectivity index (χ2v) is 9.46. The first-order chi connectivity index (χ1) is 18.0. The fourth-order valence-electron chi connectivity index (χ4n) is 4.35. The van der Waals surface area contributed by atoms with E-state index in [9.17, 15) is 19.1 Å². The van der Waals surface area contributed by atoms with Crippen molar-refractivity contribution in [1.29, 1.82) is 0 Å². The van der Waals surface area contributed by atoms with Crippen LogP contribution in [0.25, 0.3) is 10.9 Å². The molecule has 0 spiro atoms. The molecule has 1 unspecified atom stereocenters. The summed E-state index contributed by atoms with van der Waals surface area (Å²) in [5.41, 5.74) is 3.36. The number of halogens is 1. The molecule has 7 nitrogen and oxygen atoms in total. The highest BCUT2D eigenvalue weighted by Gasteiger charge is 2.24. The van der Waals surface area contributed by atoms with E-state index < -0.39 is 17.9 Å². The first-order valence-electron chi connectivity index (χ1n) is 12.2. The Morgan fingerprint density at radius 2 is 1.68 bits per heavy atom. The zero-order valence-corrected chi connectivity index (χ0v) is 21.9. The number of aliphatic carboxylic acids is 1. The first kappa shape index (κ1) is 26.7. The summed E-state index contributed by atoms with van der Waals surface area (Å²) in [5, 5.41) is 10.0. The number of rotatable bonds is 9. The Hall–Kier alpha value is -4.33. The molecule has 1 aromatic heterocycles. The van der Waals surface area contributed by atoms with Crippen LogP contribution < -0.4 is 14.2 Å². The van der Waals surface area contributed by atoms with Crippen molar-refractivity contribution in [3.8, 4) is 17.2 Å². The quantitative estimate of drug-likeness (QED) is 0.284. The van der Waals surface area contributed by atoms with Gasteiger partial charge in [0.05, 0.1) is 12.6 Å². The van der Waals surface area contributed by atoms with Crippen molar-refractivity contribution in [2.45, 2.75) is 46.1 Å². The van der Waals surface area contributed by atoms with Crippen LogP contribution in [0.1, 0.15) is 48.0 Å². The molecule has 4 aromatic rings. The largest absolute Gasteiger partial charge is 0.497 e. The Balaban J connectivity index is 1.85. The number of aromatic nitrogens is 1. The molecule has 4 rings (SSSR count). The van der Waals surface area contributed by atoms with Gasteiger partial charge in [0.1, 0.15) is 17.2 Å². The number of methoxy groups -OCH3 is 1. The minimum atomic E-state index is -1.89. The number of alkyl halides is 1. The van der Waals surface area contributed by atoms with Crippen molar-refractivity contribution >= 4 is 22.8 Å². The zero-order chi connectivity index (χ0) is 27.6. The molecule has 0 saturated heterocycles. The summed E-state index contributed by atoms with van der Waals surface area (Å²) in [6.45, 7) is 5.95. The molecule has 0 aliphatic rings. The van der Waals surface area contributed by atoms with Crippen LogP contribution in [0.15, 0.2) is 66.7 Å². The lowest BCUT2D eigenvalue weighted by atomic mass is 10.0. The molecule has 0 aliphatic carbocycles. The number of carboxylic acids is 1. The van der Waals surface area contributed by atoms with Crippen LogP contribution in [0.2, 0.25) is 0 Å². The van der Waals surface area contributed by atoms with Crippen LogP contribution in [-0.4, -0.2) is 40.6 Å². The average Bonchev–Trinajstić information content (AvgIpc) is 3.14. The van der Waals surface area contributed by atoms with Gasteiger partial charge in [-0.1, -0.05) is 18.2 Å². The molecule has 3 aromatic carbocycles. The predicted octanol–water partition coefficient (Wildman–Crippen LogP) is 6.17. The second-order valence-electron chi connectivity index (χ2n) is 9.46. The SMILES string of the molecule is COc1ccc(C(=O)n2c(C)c(Cc3ccccc3OC(C)C(=O)O)c3cc(OC(C)(C)F)ccc32)cc1. The van der Waals surface area contributed by atoms with Crippen molar-refractivity contribution < 1.29 is 33.3 Å². The number of fused-ring (bicyclic) bond motifs is 1. The third-order valence-electron chi connectivity index (χ3n) is 6.20. The lowest BCUT2D eigenvalue weighted by molar-refractivity contribution is -0.144. The molecule has 0 bridgehead atoms. The lowest BCUT2D eigenvalue weighted by Gasteiger charge is -2.17. The maximum atomic E-state index is 14.3. The van der Waals surface area contributed by atoms with Gasteiger partial charge in [0.2, 0.25) is 5.85 Å². The molecule has 38 heavy (non-hydrogen) atoms. The minimum Gasteiger partial charge on any atom is -0.497 e. The maximum absolute atomic E-state index is 14.3. The van der Waals surface area contributed by atoms with Gasteiger partial charge in [-0.2, -0.15) is 4.39 Å². The van der Waals surface area contributed by atoms with Gasteiger partial charge in [0.25, 0.3) is 5.91 Å². The van der Waals surface area contributed by atoms with E-state index >= 15 is 0 Å². The van der Waals surface area contributed by atoms with Gasteiger partial charge >= 0.3 is 5.97 Å². The summed E-state index contributed by atoms with van der Waals surface area (Å²) >= 11 is 0. The van der Waals surface area contributed by atoms with Crippen molar-refractivity contribution in [3.63, 3.8) is 0 Å². The van der Waals surface area contributed by atoms with Gasteiger partial charge in [0.15, 0.2) is 6.10 Å². The Bertz CT molecular complexity index is 1480. The van der Waals surface area contributed by atoms with Crippen molar-refractivity contribution in [2.24, 2.45) is 0 Å². The molecule has 0 saturated carbocycles. The standard InChI is InChI=1S/C30H30FNO6/c1-18-24(16-21-8-6-7-9-27(21)37-19(2)29(34)35)25-17-23(38-30(3,4)31)14-15-26(25)32(18)28(33)20-10-12-22(36-5)13-11-20/h6-15,17,19H,16H2,1-5H3,(H,34,35). The topological polar surface area (TPSA) is 87.0 Å². The van der Waals surface area contributed by atoms with Gasteiger partial charge in [-0.05, 0) is 73.5 Å². The normalized spacial score (nSPS) is 12.3. The van der Waals surface area contributed by atoms with Crippen LogP contribution >= 0.6 is 0 Å². The first-order valence-corrected chi connectivity index (χ1v) is 12.2. The van der Waals surface area contributed by atoms with Crippen molar-refractivity contribution in [1.82, 2.24) is 4.57 Å². The number of carbonyl (C=O) groups is 2. The lowest BCUT2D eigenvalue weighted by Crippen LogP contribution is -2.23. The molecule has 0 amide bonds. The Morgan fingerprint density at radius 3 is 2.32 bits per heavy atom. The molecule has 0 aliphatic heterocycles. The maximum Gasteiger partial charge on any atom is 0.344 e. The fourth-order valence-corrected chi connectivity index (χ4v) is 4.35.